The number of carbonyl (C=O) groups excluding carboxylic acids is 1. The Morgan fingerprint density at radius 3 is 3.17 bits per heavy atom. The van der Waals surface area contributed by atoms with E-state index in [-0.39, 0.29) is 11.9 Å². The normalized spacial score (nSPS) is 19.8. The van der Waals surface area contributed by atoms with E-state index in [1.54, 1.807) is 16.2 Å². The third kappa shape index (κ3) is 3.28. The number of nitrogens with zero attached hydrogens (tertiary/aromatic N) is 2. The van der Waals surface area contributed by atoms with E-state index in [1.807, 2.05) is 13.2 Å². The number of carbonyl (C=O) groups is 1. The number of aryl methyl sites for hydroxylation is 1. The second kappa shape index (κ2) is 6.26. The number of hydrogen-bond acceptors (Lipinski definition) is 5. The van der Waals surface area contributed by atoms with Crippen LogP contribution in [-0.4, -0.2) is 48.6 Å². The number of ether oxygens (including phenoxy) is 1. The van der Waals surface area contributed by atoms with E-state index >= 15 is 0 Å². The quantitative estimate of drug-likeness (QED) is 0.872. The van der Waals surface area contributed by atoms with E-state index in [0.717, 1.165) is 18.0 Å². The lowest BCUT2D eigenvalue weighted by molar-refractivity contribution is -0.135. The Kier molecular flexibility index (Phi) is 4.68. The standard InChI is InChI=1S/C12H19N3O2S/c1-3-9-6-14-11(18-9)7-15(2)12(16)10-8-17-5-4-13-10/h6,10,13H,3-5,7-8H2,1-2H3. The Morgan fingerprint density at radius 1 is 1.72 bits per heavy atom. The minimum atomic E-state index is -0.214. The van der Waals surface area contributed by atoms with Gasteiger partial charge in [-0.15, -0.1) is 11.3 Å². The van der Waals surface area contributed by atoms with Gasteiger partial charge in [0.2, 0.25) is 5.91 Å². The van der Waals surface area contributed by atoms with Crippen LogP contribution in [0.5, 0.6) is 0 Å². The molecule has 1 atom stereocenters. The Balaban J connectivity index is 1.89. The summed E-state index contributed by atoms with van der Waals surface area (Å²) in [5.41, 5.74) is 0. The van der Waals surface area contributed by atoms with Gasteiger partial charge in [0.15, 0.2) is 0 Å². The Bertz CT molecular complexity index is 402. The van der Waals surface area contributed by atoms with Gasteiger partial charge in [0, 0.05) is 24.7 Å². The summed E-state index contributed by atoms with van der Waals surface area (Å²) in [6, 6.07) is -0.214. The zero-order valence-electron chi connectivity index (χ0n) is 10.8. The highest BCUT2D eigenvalue weighted by molar-refractivity contribution is 7.11. The SMILES string of the molecule is CCc1cnc(CN(C)C(=O)C2COCCN2)s1. The molecule has 1 saturated heterocycles. The van der Waals surface area contributed by atoms with Crippen LogP contribution in [0.25, 0.3) is 0 Å². The molecule has 0 spiro atoms. The molecular weight excluding hydrogens is 250 g/mol. The molecule has 1 unspecified atom stereocenters. The van der Waals surface area contributed by atoms with Crippen LogP contribution >= 0.6 is 11.3 Å². The minimum absolute atomic E-state index is 0.0722. The van der Waals surface area contributed by atoms with Gasteiger partial charge in [0.05, 0.1) is 19.8 Å². The van der Waals surface area contributed by atoms with E-state index in [2.05, 4.69) is 17.2 Å². The first-order valence-electron chi connectivity index (χ1n) is 6.20. The molecule has 0 bridgehead atoms. The van der Waals surface area contributed by atoms with Gasteiger partial charge < -0.3 is 15.0 Å². The van der Waals surface area contributed by atoms with Crippen molar-refractivity contribution in [2.24, 2.45) is 0 Å². The minimum Gasteiger partial charge on any atom is -0.378 e. The highest BCUT2D eigenvalue weighted by atomic mass is 32.1. The molecule has 100 valence electrons. The predicted molar refractivity (Wildman–Crippen MR) is 70.6 cm³/mol. The molecule has 0 aliphatic carbocycles. The zero-order chi connectivity index (χ0) is 13.0. The molecule has 2 rings (SSSR count). The third-order valence-corrected chi connectivity index (χ3v) is 4.04. The number of aromatic nitrogens is 1. The number of amides is 1. The summed E-state index contributed by atoms with van der Waals surface area (Å²) >= 11 is 1.67. The van der Waals surface area contributed by atoms with Crippen molar-refractivity contribution in [1.82, 2.24) is 15.2 Å². The maximum Gasteiger partial charge on any atom is 0.242 e. The molecule has 0 radical (unpaired) electrons. The maximum absolute atomic E-state index is 12.1. The smallest absolute Gasteiger partial charge is 0.242 e. The summed E-state index contributed by atoms with van der Waals surface area (Å²) in [5, 5.41) is 4.15. The maximum atomic E-state index is 12.1. The van der Waals surface area contributed by atoms with Crippen molar-refractivity contribution in [3.8, 4) is 0 Å². The molecule has 18 heavy (non-hydrogen) atoms. The van der Waals surface area contributed by atoms with Gasteiger partial charge >= 0.3 is 0 Å². The van der Waals surface area contributed by atoms with Gasteiger partial charge in [0.25, 0.3) is 0 Å². The lowest BCUT2D eigenvalue weighted by atomic mass is 10.2. The lowest BCUT2D eigenvalue weighted by Gasteiger charge is -2.27. The van der Waals surface area contributed by atoms with Crippen LogP contribution in [0.1, 0.15) is 16.8 Å². The summed E-state index contributed by atoms with van der Waals surface area (Å²) in [6.45, 7) is 4.56. The van der Waals surface area contributed by atoms with Crippen LogP contribution in [0, 0.1) is 0 Å². The lowest BCUT2D eigenvalue weighted by Crippen LogP contribution is -2.51. The average molecular weight is 269 g/mol. The molecule has 1 aromatic heterocycles. The summed E-state index contributed by atoms with van der Waals surface area (Å²) in [6.07, 6.45) is 2.88. The van der Waals surface area contributed by atoms with E-state index in [1.165, 1.54) is 4.88 Å². The van der Waals surface area contributed by atoms with Gasteiger partial charge in [-0.2, -0.15) is 0 Å². The van der Waals surface area contributed by atoms with Crippen molar-refractivity contribution < 1.29 is 9.53 Å². The van der Waals surface area contributed by atoms with Gasteiger partial charge in [-0.25, -0.2) is 4.98 Å². The second-order valence-electron chi connectivity index (χ2n) is 4.35. The summed E-state index contributed by atoms with van der Waals surface area (Å²) in [7, 11) is 1.81. The summed E-state index contributed by atoms with van der Waals surface area (Å²) in [5.74, 6) is 0.0722. The largest absolute Gasteiger partial charge is 0.378 e. The van der Waals surface area contributed by atoms with Crippen molar-refractivity contribution in [1.29, 1.82) is 0 Å². The fraction of sp³-hybridized carbons (Fsp3) is 0.667. The van der Waals surface area contributed by atoms with Gasteiger partial charge in [-0.3, -0.25) is 4.79 Å². The predicted octanol–water partition coefficient (Wildman–Crippen LogP) is 0.652. The molecule has 0 aromatic carbocycles. The van der Waals surface area contributed by atoms with Crippen molar-refractivity contribution in [3.05, 3.63) is 16.1 Å². The molecular formula is C12H19N3O2S. The van der Waals surface area contributed by atoms with E-state index in [0.29, 0.717) is 19.8 Å². The molecule has 1 N–H and O–H groups in total. The van der Waals surface area contributed by atoms with Crippen LogP contribution < -0.4 is 5.32 Å². The average Bonchev–Trinajstić information content (AvgIpc) is 2.86. The Hall–Kier alpha value is -0.980. The van der Waals surface area contributed by atoms with Crippen LogP contribution in [0.2, 0.25) is 0 Å². The van der Waals surface area contributed by atoms with Crippen molar-refractivity contribution in [2.45, 2.75) is 25.9 Å². The van der Waals surface area contributed by atoms with Crippen LogP contribution in [-0.2, 0) is 22.5 Å². The first-order chi connectivity index (χ1) is 8.70. The molecule has 0 saturated carbocycles. The fourth-order valence-corrected chi connectivity index (χ4v) is 2.77. The molecule has 6 heteroatoms. The zero-order valence-corrected chi connectivity index (χ0v) is 11.6. The van der Waals surface area contributed by atoms with Gasteiger partial charge in [-0.1, -0.05) is 6.92 Å². The first kappa shape index (κ1) is 13.5. The topological polar surface area (TPSA) is 54.5 Å². The van der Waals surface area contributed by atoms with Gasteiger partial charge in [0.1, 0.15) is 11.0 Å². The Labute approximate surface area is 111 Å². The molecule has 1 aromatic rings. The highest BCUT2D eigenvalue weighted by Crippen LogP contribution is 2.15. The van der Waals surface area contributed by atoms with Crippen molar-refractivity contribution in [3.63, 3.8) is 0 Å². The van der Waals surface area contributed by atoms with Crippen LogP contribution in [0.15, 0.2) is 6.20 Å². The molecule has 1 amide bonds. The van der Waals surface area contributed by atoms with Crippen molar-refractivity contribution >= 4 is 17.2 Å². The van der Waals surface area contributed by atoms with Crippen molar-refractivity contribution in [2.75, 3.05) is 26.8 Å². The number of hydrogen-bond donors (Lipinski definition) is 1. The number of morpholine rings is 1. The van der Waals surface area contributed by atoms with E-state index < -0.39 is 0 Å². The second-order valence-corrected chi connectivity index (χ2v) is 5.55. The monoisotopic (exact) mass is 269 g/mol. The van der Waals surface area contributed by atoms with E-state index in [4.69, 9.17) is 4.74 Å². The van der Waals surface area contributed by atoms with E-state index in [9.17, 15) is 4.79 Å². The molecule has 1 aliphatic rings. The Morgan fingerprint density at radius 2 is 2.56 bits per heavy atom. The van der Waals surface area contributed by atoms with Crippen LogP contribution in [0.4, 0.5) is 0 Å². The molecule has 1 fully saturated rings. The summed E-state index contributed by atoms with van der Waals surface area (Å²) < 4.78 is 5.30. The number of rotatable bonds is 4. The molecule has 2 heterocycles. The van der Waals surface area contributed by atoms with Crippen LogP contribution in [0.3, 0.4) is 0 Å². The number of thiazole rings is 1. The highest BCUT2D eigenvalue weighted by Gasteiger charge is 2.24. The number of nitrogens with one attached hydrogen (secondary N) is 1. The first-order valence-corrected chi connectivity index (χ1v) is 7.02. The fourth-order valence-electron chi connectivity index (χ4n) is 1.86. The molecule has 5 nitrogen and oxygen atoms in total. The number of likely N-dealkylation sites (N-methyl/N-ethyl adjacent to an activating group) is 1. The summed E-state index contributed by atoms with van der Waals surface area (Å²) in [4.78, 5) is 19.4. The third-order valence-electron chi connectivity index (χ3n) is 2.92. The van der Waals surface area contributed by atoms with Gasteiger partial charge in [-0.05, 0) is 6.42 Å². The molecule has 1 aliphatic heterocycles.